The smallest absolute Gasteiger partial charge is 0.312 e. The summed E-state index contributed by atoms with van der Waals surface area (Å²) in [6, 6.07) is 14.1. The van der Waals surface area contributed by atoms with E-state index in [-0.39, 0.29) is 24.3 Å². The number of carbonyl (C=O) groups is 3. The quantitative estimate of drug-likeness (QED) is 0.873. The highest BCUT2D eigenvalue weighted by Gasteiger charge is 2.33. The SMILES string of the molecule is O=C(Nc1cccc(C(=O)N2Cc3ccccc3C(C(=O)O)C2)c1)C1CC1. The molecule has 138 valence electrons. The second-order valence-corrected chi connectivity index (χ2v) is 7.12. The Morgan fingerprint density at radius 1 is 1.04 bits per heavy atom. The van der Waals surface area contributed by atoms with Crippen LogP contribution in [0.3, 0.4) is 0 Å². The van der Waals surface area contributed by atoms with Gasteiger partial charge in [-0.25, -0.2) is 0 Å². The zero-order chi connectivity index (χ0) is 19.0. The summed E-state index contributed by atoms with van der Waals surface area (Å²) in [5, 5.41) is 12.4. The Morgan fingerprint density at radius 3 is 2.56 bits per heavy atom. The molecular formula is C21H20N2O4. The molecule has 2 aromatic carbocycles. The molecule has 27 heavy (non-hydrogen) atoms. The zero-order valence-corrected chi connectivity index (χ0v) is 14.7. The summed E-state index contributed by atoms with van der Waals surface area (Å²) >= 11 is 0. The molecule has 0 spiro atoms. The van der Waals surface area contributed by atoms with Crippen molar-refractivity contribution in [1.29, 1.82) is 0 Å². The van der Waals surface area contributed by atoms with Gasteiger partial charge in [0.15, 0.2) is 0 Å². The number of nitrogens with one attached hydrogen (secondary N) is 1. The average Bonchev–Trinajstić information content (AvgIpc) is 3.52. The third kappa shape index (κ3) is 3.56. The molecule has 1 fully saturated rings. The summed E-state index contributed by atoms with van der Waals surface area (Å²) in [4.78, 5) is 38.2. The van der Waals surface area contributed by atoms with Crippen molar-refractivity contribution >= 4 is 23.5 Å². The Hall–Kier alpha value is -3.15. The number of benzene rings is 2. The predicted octanol–water partition coefficient (Wildman–Crippen LogP) is 2.86. The van der Waals surface area contributed by atoms with Crippen molar-refractivity contribution in [2.24, 2.45) is 5.92 Å². The number of carboxylic acid groups (broad SMARTS) is 1. The summed E-state index contributed by atoms with van der Waals surface area (Å²) in [6.07, 6.45) is 1.82. The molecular weight excluding hydrogens is 344 g/mol. The molecule has 6 nitrogen and oxygen atoms in total. The van der Waals surface area contributed by atoms with E-state index in [9.17, 15) is 19.5 Å². The van der Waals surface area contributed by atoms with Crippen molar-refractivity contribution in [1.82, 2.24) is 4.90 Å². The summed E-state index contributed by atoms with van der Waals surface area (Å²) < 4.78 is 0. The van der Waals surface area contributed by atoms with Gasteiger partial charge in [-0.05, 0) is 42.2 Å². The largest absolute Gasteiger partial charge is 0.481 e. The molecule has 2 amide bonds. The molecule has 2 aliphatic rings. The minimum absolute atomic E-state index is 0.0163. The van der Waals surface area contributed by atoms with Crippen LogP contribution in [0, 0.1) is 5.92 Å². The molecule has 1 unspecified atom stereocenters. The van der Waals surface area contributed by atoms with Crippen molar-refractivity contribution in [3.05, 3.63) is 65.2 Å². The van der Waals surface area contributed by atoms with Crippen molar-refractivity contribution in [3.8, 4) is 0 Å². The topological polar surface area (TPSA) is 86.7 Å². The van der Waals surface area contributed by atoms with Crippen molar-refractivity contribution in [3.63, 3.8) is 0 Å². The van der Waals surface area contributed by atoms with Crippen LogP contribution in [-0.4, -0.2) is 34.3 Å². The van der Waals surface area contributed by atoms with Crippen LogP contribution in [-0.2, 0) is 16.1 Å². The highest BCUT2D eigenvalue weighted by Crippen LogP contribution is 2.31. The second kappa shape index (κ2) is 6.87. The van der Waals surface area contributed by atoms with Gasteiger partial charge >= 0.3 is 5.97 Å². The molecule has 6 heteroatoms. The Labute approximate surface area is 156 Å². The van der Waals surface area contributed by atoms with Crippen molar-refractivity contribution < 1.29 is 19.5 Å². The number of nitrogens with zero attached hydrogens (tertiary/aromatic N) is 1. The van der Waals surface area contributed by atoms with E-state index in [0.717, 1.165) is 24.0 Å². The van der Waals surface area contributed by atoms with Gasteiger partial charge < -0.3 is 15.3 Å². The summed E-state index contributed by atoms with van der Waals surface area (Å²) in [5.41, 5.74) is 2.64. The second-order valence-electron chi connectivity index (χ2n) is 7.12. The molecule has 2 N–H and O–H groups in total. The average molecular weight is 364 g/mol. The van der Waals surface area contributed by atoms with Crippen LogP contribution in [0.25, 0.3) is 0 Å². The van der Waals surface area contributed by atoms with Crippen LogP contribution in [0.4, 0.5) is 5.69 Å². The van der Waals surface area contributed by atoms with E-state index >= 15 is 0 Å². The first-order valence-electron chi connectivity index (χ1n) is 9.04. The standard InChI is InChI=1S/C21H20N2O4/c24-19(13-8-9-13)22-16-6-3-5-14(10-16)20(25)23-11-15-4-1-2-7-17(15)18(12-23)21(26)27/h1-7,10,13,18H,8-9,11-12H2,(H,22,24)(H,26,27). The third-order valence-corrected chi connectivity index (χ3v) is 5.11. The molecule has 1 atom stereocenters. The van der Waals surface area contributed by atoms with E-state index in [2.05, 4.69) is 5.32 Å². The summed E-state index contributed by atoms with van der Waals surface area (Å²) in [5.74, 6) is -1.85. The fourth-order valence-corrected chi connectivity index (χ4v) is 3.48. The van der Waals surface area contributed by atoms with E-state index < -0.39 is 11.9 Å². The molecule has 1 aliphatic heterocycles. The maximum absolute atomic E-state index is 13.0. The number of fused-ring (bicyclic) bond motifs is 1. The minimum atomic E-state index is -0.939. The van der Waals surface area contributed by atoms with Crippen molar-refractivity contribution in [2.45, 2.75) is 25.3 Å². The van der Waals surface area contributed by atoms with Gasteiger partial charge in [-0.1, -0.05) is 30.3 Å². The zero-order valence-electron chi connectivity index (χ0n) is 14.7. The maximum atomic E-state index is 13.0. The first-order valence-corrected chi connectivity index (χ1v) is 9.04. The summed E-state index contributed by atoms with van der Waals surface area (Å²) in [6.45, 7) is 0.501. The number of hydrogen-bond acceptors (Lipinski definition) is 3. The Morgan fingerprint density at radius 2 is 1.81 bits per heavy atom. The van der Waals surface area contributed by atoms with Gasteiger partial charge in [-0.2, -0.15) is 0 Å². The third-order valence-electron chi connectivity index (χ3n) is 5.11. The molecule has 0 aromatic heterocycles. The number of amides is 2. The number of hydrogen-bond donors (Lipinski definition) is 2. The Kier molecular flexibility index (Phi) is 4.39. The normalized spacial score (nSPS) is 18.5. The van der Waals surface area contributed by atoms with E-state index in [1.165, 1.54) is 0 Å². The molecule has 2 aromatic rings. The van der Waals surface area contributed by atoms with Gasteiger partial charge in [-0.3, -0.25) is 14.4 Å². The van der Waals surface area contributed by atoms with Gasteiger partial charge in [0.25, 0.3) is 5.91 Å². The van der Waals surface area contributed by atoms with Crippen molar-refractivity contribution in [2.75, 3.05) is 11.9 Å². The lowest BCUT2D eigenvalue weighted by Crippen LogP contribution is -2.40. The highest BCUT2D eigenvalue weighted by molar-refractivity contribution is 5.98. The van der Waals surface area contributed by atoms with E-state index in [0.29, 0.717) is 17.8 Å². The van der Waals surface area contributed by atoms with Crippen LogP contribution in [0.1, 0.15) is 40.2 Å². The van der Waals surface area contributed by atoms with Crippen LogP contribution in [0.15, 0.2) is 48.5 Å². The first-order chi connectivity index (χ1) is 13.0. The maximum Gasteiger partial charge on any atom is 0.312 e. The highest BCUT2D eigenvalue weighted by atomic mass is 16.4. The molecule has 0 saturated heterocycles. The molecule has 1 aliphatic carbocycles. The van der Waals surface area contributed by atoms with Crippen LogP contribution in [0.2, 0.25) is 0 Å². The Balaban J connectivity index is 1.56. The molecule has 1 heterocycles. The lowest BCUT2D eigenvalue weighted by atomic mass is 9.89. The van der Waals surface area contributed by atoms with Gasteiger partial charge in [-0.15, -0.1) is 0 Å². The minimum Gasteiger partial charge on any atom is -0.481 e. The molecule has 4 rings (SSSR count). The van der Waals surface area contributed by atoms with Gasteiger partial charge in [0, 0.05) is 30.3 Å². The Bertz CT molecular complexity index is 920. The van der Waals surface area contributed by atoms with Gasteiger partial charge in [0.2, 0.25) is 5.91 Å². The fourth-order valence-electron chi connectivity index (χ4n) is 3.48. The van der Waals surface area contributed by atoms with E-state index in [4.69, 9.17) is 0 Å². The van der Waals surface area contributed by atoms with E-state index in [1.54, 1.807) is 29.2 Å². The number of anilines is 1. The van der Waals surface area contributed by atoms with Crippen LogP contribution < -0.4 is 5.32 Å². The number of rotatable bonds is 4. The van der Waals surface area contributed by atoms with Crippen LogP contribution >= 0.6 is 0 Å². The number of carbonyl (C=O) groups excluding carboxylic acids is 2. The number of carboxylic acids is 1. The van der Waals surface area contributed by atoms with E-state index in [1.807, 2.05) is 24.3 Å². The lowest BCUT2D eigenvalue weighted by Gasteiger charge is -2.33. The summed E-state index contributed by atoms with van der Waals surface area (Å²) in [7, 11) is 0. The van der Waals surface area contributed by atoms with Gasteiger partial charge in [0.05, 0.1) is 5.92 Å². The lowest BCUT2D eigenvalue weighted by molar-refractivity contribution is -0.139. The monoisotopic (exact) mass is 364 g/mol. The number of aliphatic carboxylic acids is 1. The fraction of sp³-hybridized carbons (Fsp3) is 0.286. The molecule has 0 radical (unpaired) electrons. The molecule has 0 bridgehead atoms. The van der Waals surface area contributed by atoms with Gasteiger partial charge in [0.1, 0.15) is 0 Å². The predicted molar refractivity (Wildman–Crippen MR) is 99.4 cm³/mol. The van der Waals surface area contributed by atoms with Crippen LogP contribution in [0.5, 0.6) is 0 Å². The molecule has 1 saturated carbocycles. The first kappa shape index (κ1) is 17.3.